The van der Waals surface area contributed by atoms with E-state index in [-0.39, 0.29) is 5.91 Å². The number of amides is 1. The number of nitrogens with zero attached hydrogens (tertiary/aromatic N) is 3. The predicted octanol–water partition coefficient (Wildman–Crippen LogP) is 2.31. The molecule has 1 N–H and O–H groups in total. The molecule has 3 aromatic rings. The Kier molecular flexibility index (Phi) is 6.04. The summed E-state index contributed by atoms with van der Waals surface area (Å²) in [6.07, 6.45) is 0.851. The summed E-state index contributed by atoms with van der Waals surface area (Å²) in [6, 6.07) is 11.5. The number of thiophene rings is 1. The largest absolute Gasteiger partial charge is 0.339 e. The van der Waals surface area contributed by atoms with Crippen molar-refractivity contribution in [2.24, 2.45) is 0 Å². The maximum atomic E-state index is 12.5. The molecular formula is C20H22ClN4O2S+. The van der Waals surface area contributed by atoms with Crippen LogP contribution in [-0.2, 0) is 17.8 Å². The predicted molar refractivity (Wildman–Crippen MR) is 108 cm³/mol. The molecule has 1 fully saturated rings. The summed E-state index contributed by atoms with van der Waals surface area (Å²) in [5.74, 6) is 1.16. The van der Waals surface area contributed by atoms with Gasteiger partial charge in [-0.2, -0.15) is 4.98 Å². The quantitative estimate of drug-likeness (QED) is 0.668. The van der Waals surface area contributed by atoms with E-state index >= 15 is 0 Å². The number of aryl methyl sites for hydroxylation is 1. The van der Waals surface area contributed by atoms with Gasteiger partial charge in [0.2, 0.25) is 17.6 Å². The van der Waals surface area contributed by atoms with Gasteiger partial charge in [-0.3, -0.25) is 4.79 Å². The van der Waals surface area contributed by atoms with Crippen LogP contribution in [0.5, 0.6) is 0 Å². The minimum Gasteiger partial charge on any atom is -0.339 e. The van der Waals surface area contributed by atoms with E-state index in [1.165, 1.54) is 9.78 Å². The molecule has 0 aliphatic carbocycles. The molecule has 0 atom stereocenters. The van der Waals surface area contributed by atoms with Gasteiger partial charge in [0.25, 0.3) is 0 Å². The second-order valence-corrected chi connectivity index (χ2v) is 8.37. The Morgan fingerprint density at radius 2 is 2.00 bits per heavy atom. The minimum atomic E-state index is 0.154. The third-order valence-corrected chi connectivity index (χ3v) is 6.08. The van der Waals surface area contributed by atoms with Crippen LogP contribution in [0.2, 0.25) is 5.02 Å². The van der Waals surface area contributed by atoms with E-state index in [2.05, 4.69) is 27.7 Å². The number of hydrogen-bond acceptors (Lipinski definition) is 5. The first-order chi connectivity index (χ1) is 13.7. The van der Waals surface area contributed by atoms with E-state index in [1.807, 2.05) is 17.0 Å². The van der Waals surface area contributed by atoms with Crippen LogP contribution >= 0.6 is 22.9 Å². The van der Waals surface area contributed by atoms with Crippen LogP contribution in [0.3, 0.4) is 0 Å². The zero-order valence-corrected chi connectivity index (χ0v) is 17.0. The first kappa shape index (κ1) is 19.1. The molecule has 146 valence electrons. The van der Waals surface area contributed by atoms with Crippen molar-refractivity contribution in [3.8, 4) is 11.4 Å². The van der Waals surface area contributed by atoms with Gasteiger partial charge in [-0.25, -0.2) is 0 Å². The fraction of sp³-hybridized carbons (Fsp3) is 0.350. The smallest absolute Gasteiger partial charge is 0.227 e. The molecule has 1 aliphatic heterocycles. The number of rotatable bonds is 6. The maximum Gasteiger partial charge on any atom is 0.227 e. The lowest BCUT2D eigenvalue weighted by molar-refractivity contribution is -0.917. The van der Waals surface area contributed by atoms with Crippen molar-refractivity contribution in [3.63, 3.8) is 0 Å². The molecule has 1 saturated heterocycles. The van der Waals surface area contributed by atoms with Crippen molar-refractivity contribution >= 4 is 28.8 Å². The standard InChI is InChI=1S/C20H21ClN4O2S/c21-16-5-3-15(4-6-16)20-22-18(27-23-20)7-8-19(26)25-11-9-24(10-12-25)14-17-2-1-13-28-17/h1-6,13H,7-12,14H2/p+1. The Labute approximate surface area is 172 Å². The average molecular weight is 418 g/mol. The second kappa shape index (κ2) is 8.86. The van der Waals surface area contributed by atoms with Crippen molar-refractivity contribution in [3.05, 3.63) is 57.6 Å². The summed E-state index contributed by atoms with van der Waals surface area (Å²) in [5.41, 5.74) is 0.843. The van der Waals surface area contributed by atoms with Crippen LogP contribution in [0.15, 0.2) is 46.3 Å². The summed E-state index contributed by atoms with van der Waals surface area (Å²) >= 11 is 7.70. The molecule has 6 nitrogen and oxygen atoms in total. The van der Waals surface area contributed by atoms with Crippen molar-refractivity contribution in [1.82, 2.24) is 15.0 Å². The molecule has 0 radical (unpaired) electrons. The highest BCUT2D eigenvalue weighted by atomic mass is 35.5. The number of piperazine rings is 1. The van der Waals surface area contributed by atoms with Gasteiger partial charge in [0.15, 0.2) is 0 Å². The molecule has 3 heterocycles. The number of carbonyl (C=O) groups is 1. The number of aromatic nitrogens is 2. The van der Waals surface area contributed by atoms with E-state index in [1.54, 1.807) is 23.5 Å². The van der Waals surface area contributed by atoms with Crippen LogP contribution < -0.4 is 4.90 Å². The maximum absolute atomic E-state index is 12.5. The SMILES string of the molecule is O=C(CCc1nc(-c2ccc(Cl)cc2)no1)N1CC[NH+](Cc2cccs2)CC1. The van der Waals surface area contributed by atoms with Gasteiger partial charge in [0.1, 0.15) is 6.54 Å². The zero-order valence-electron chi connectivity index (χ0n) is 15.4. The number of halogens is 1. The summed E-state index contributed by atoms with van der Waals surface area (Å²) in [6.45, 7) is 4.64. The van der Waals surface area contributed by atoms with Gasteiger partial charge in [-0.05, 0) is 35.7 Å². The molecule has 0 bridgehead atoms. The Balaban J connectivity index is 1.24. The number of quaternary nitrogens is 1. The molecule has 1 aliphatic rings. The lowest BCUT2D eigenvalue weighted by Crippen LogP contribution is -3.13. The summed E-state index contributed by atoms with van der Waals surface area (Å²) < 4.78 is 5.30. The van der Waals surface area contributed by atoms with E-state index in [0.29, 0.717) is 29.6 Å². The normalized spacial score (nSPS) is 15.1. The van der Waals surface area contributed by atoms with Crippen LogP contribution in [-0.4, -0.2) is 47.1 Å². The van der Waals surface area contributed by atoms with Gasteiger partial charge in [-0.1, -0.05) is 22.8 Å². The monoisotopic (exact) mass is 417 g/mol. The van der Waals surface area contributed by atoms with Gasteiger partial charge < -0.3 is 14.3 Å². The van der Waals surface area contributed by atoms with Crippen LogP contribution in [0.1, 0.15) is 17.2 Å². The number of benzene rings is 1. The zero-order chi connectivity index (χ0) is 19.3. The van der Waals surface area contributed by atoms with Crippen molar-refractivity contribution in [2.75, 3.05) is 26.2 Å². The Morgan fingerprint density at radius 1 is 1.21 bits per heavy atom. The lowest BCUT2D eigenvalue weighted by atomic mass is 10.2. The van der Waals surface area contributed by atoms with Gasteiger partial charge in [-0.15, -0.1) is 11.3 Å². The highest BCUT2D eigenvalue weighted by Crippen LogP contribution is 2.19. The first-order valence-electron chi connectivity index (χ1n) is 9.39. The van der Waals surface area contributed by atoms with Crippen molar-refractivity contribution in [2.45, 2.75) is 19.4 Å². The lowest BCUT2D eigenvalue weighted by Gasteiger charge is -2.32. The van der Waals surface area contributed by atoms with E-state index in [4.69, 9.17) is 16.1 Å². The number of hydrogen-bond donors (Lipinski definition) is 1. The first-order valence-corrected chi connectivity index (χ1v) is 10.7. The van der Waals surface area contributed by atoms with Crippen LogP contribution in [0.4, 0.5) is 0 Å². The Bertz CT molecular complexity index is 903. The molecular weight excluding hydrogens is 396 g/mol. The molecule has 8 heteroatoms. The fourth-order valence-corrected chi connectivity index (χ4v) is 4.26. The molecule has 1 aromatic carbocycles. The van der Waals surface area contributed by atoms with Gasteiger partial charge in [0, 0.05) is 23.4 Å². The van der Waals surface area contributed by atoms with Crippen LogP contribution in [0, 0.1) is 0 Å². The fourth-order valence-electron chi connectivity index (χ4n) is 3.35. The third kappa shape index (κ3) is 4.79. The topological polar surface area (TPSA) is 63.7 Å². The average Bonchev–Trinajstić information content (AvgIpc) is 3.39. The second-order valence-electron chi connectivity index (χ2n) is 6.91. The Morgan fingerprint density at radius 3 is 2.71 bits per heavy atom. The molecule has 0 saturated carbocycles. The molecule has 4 rings (SSSR count). The minimum absolute atomic E-state index is 0.154. The van der Waals surface area contributed by atoms with E-state index in [0.717, 1.165) is 38.3 Å². The van der Waals surface area contributed by atoms with Crippen molar-refractivity contribution < 1.29 is 14.2 Å². The van der Waals surface area contributed by atoms with E-state index < -0.39 is 0 Å². The summed E-state index contributed by atoms with van der Waals surface area (Å²) in [7, 11) is 0. The Hall–Kier alpha value is -2.22. The van der Waals surface area contributed by atoms with Gasteiger partial charge in [0.05, 0.1) is 31.1 Å². The highest BCUT2D eigenvalue weighted by Gasteiger charge is 2.24. The molecule has 2 aromatic heterocycles. The van der Waals surface area contributed by atoms with E-state index in [9.17, 15) is 4.79 Å². The summed E-state index contributed by atoms with van der Waals surface area (Å²) in [4.78, 5) is 21.8. The molecule has 0 spiro atoms. The van der Waals surface area contributed by atoms with Crippen molar-refractivity contribution in [1.29, 1.82) is 0 Å². The summed E-state index contributed by atoms with van der Waals surface area (Å²) in [5, 5.41) is 6.77. The highest BCUT2D eigenvalue weighted by molar-refractivity contribution is 7.09. The molecule has 0 unspecified atom stereocenters. The number of nitrogens with one attached hydrogen (secondary N) is 1. The van der Waals surface area contributed by atoms with Crippen LogP contribution in [0.25, 0.3) is 11.4 Å². The third-order valence-electron chi connectivity index (χ3n) is 4.95. The van der Waals surface area contributed by atoms with Gasteiger partial charge >= 0.3 is 0 Å². The molecule has 28 heavy (non-hydrogen) atoms. The number of carbonyl (C=O) groups excluding carboxylic acids is 1. The molecule has 1 amide bonds.